The van der Waals surface area contributed by atoms with E-state index in [0.717, 1.165) is 53.9 Å². The van der Waals surface area contributed by atoms with Crippen LogP contribution in [0, 0.1) is 12.8 Å². The van der Waals surface area contributed by atoms with Gasteiger partial charge in [-0.05, 0) is 44.2 Å². The summed E-state index contributed by atoms with van der Waals surface area (Å²) in [6.45, 7) is 3.08. The van der Waals surface area contributed by atoms with Crippen molar-refractivity contribution < 1.29 is 9.90 Å². The molecule has 1 aliphatic heterocycles. The highest BCUT2D eigenvalue weighted by atomic mass is 32.1. The molecule has 2 aromatic rings. The number of nitrogens with zero attached hydrogens (tertiary/aromatic N) is 3. The number of hydrogen-bond donors (Lipinski definition) is 2. The molecule has 3 heterocycles. The first-order valence-corrected chi connectivity index (χ1v) is 8.99. The van der Waals surface area contributed by atoms with Gasteiger partial charge in [0.1, 0.15) is 12.4 Å². The van der Waals surface area contributed by atoms with E-state index in [4.69, 9.17) is 5.11 Å². The Morgan fingerprint density at radius 3 is 2.88 bits per heavy atom. The van der Waals surface area contributed by atoms with Crippen molar-refractivity contribution in [2.24, 2.45) is 5.92 Å². The van der Waals surface area contributed by atoms with E-state index in [1.807, 2.05) is 31.3 Å². The summed E-state index contributed by atoms with van der Waals surface area (Å²) in [5.41, 5.74) is 1.06. The summed E-state index contributed by atoms with van der Waals surface area (Å²) in [5, 5.41) is 13.0. The number of aromatic nitrogens is 2. The van der Waals surface area contributed by atoms with Gasteiger partial charge in [0.2, 0.25) is 5.91 Å². The Hall–Kier alpha value is -1.99. The van der Waals surface area contributed by atoms with Gasteiger partial charge in [0, 0.05) is 29.9 Å². The number of hydrogen-bond acceptors (Lipinski definition) is 6. The Bertz CT molecular complexity index is 695. The third kappa shape index (κ3) is 4.30. The normalized spacial score (nSPS) is 15.5. The number of piperidine rings is 1. The Kier molecular flexibility index (Phi) is 5.42. The second kappa shape index (κ2) is 7.72. The number of pyridine rings is 1. The molecule has 7 heteroatoms. The van der Waals surface area contributed by atoms with Crippen molar-refractivity contribution in [3.63, 3.8) is 0 Å². The average Bonchev–Trinajstić information content (AvgIpc) is 3.00. The number of carbonyl (C=O) groups is 1. The van der Waals surface area contributed by atoms with Crippen molar-refractivity contribution in [1.29, 1.82) is 0 Å². The minimum atomic E-state index is -0.393. The van der Waals surface area contributed by atoms with Crippen LogP contribution in [0.2, 0.25) is 0 Å². The van der Waals surface area contributed by atoms with Crippen LogP contribution in [0.1, 0.15) is 23.4 Å². The van der Waals surface area contributed by atoms with Crippen LogP contribution in [0.15, 0.2) is 24.4 Å². The lowest BCUT2D eigenvalue weighted by Gasteiger charge is -2.31. The van der Waals surface area contributed by atoms with E-state index in [2.05, 4.69) is 15.3 Å². The summed E-state index contributed by atoms with van der Waals surface area (Å²) >= 11 is 1.61. The van der Waals surface area contributed by atoms with Gasteiger partial charge in [-0.3, -0.25) is 4.79 Å². The number of anilines is 2. The van der Waals surface area contributed by atoms with Gasteiger partial charge in [-0.15, -0.1) is 11.3 Å². The lowest BCUT2D eigenvalue weighted by molar-refractivity contribution is -0.135. The zero-order valence-electron chi connectivity index (χ0n) is 13.7. The maximum absolute atomic E-state index is 11.5. The van der Waals surface area contributed by atoms with Gasteiger partial charge in [0.05, 0.1) is 0 Å². The first-order valence-electron chi connectivity index (χ1n) is 8.18. The van der Waals surface area contributed by atoms with Crippen molar-refractivity contribution >= 4 is 28.2 Å². The molecular weight excluding hydrogens is 324 g/mol. The fourth-order valence-electron chi connectivity index (χ4n) is 2.97. The SMILES string of the molecule is Cc1cnc(Nc2cccc(CC3CCN(C(=O)CO)CC3)n2)s1. The van der Waals surface area contributed by atoms with E-state index < -0.39 is 6.61 Å². The quantitative estimate of drug-likeness (QED) is 0.869. The Labute approximate surface area is 145 Å². The number of aryl methyl sites for hydroxylation is 1. The van der Waals surface area contributed by atoms with E-state index in [9.17, 15) is 4.79 Å². The number of amides is 1. The van der Waals surface area contributed by atoms with Crippen LogP contribution in [0.4, 0.5) is 10.9 Å². The van der Waals surface area contributed by atoms with Crippen LogP contribution < -0.4 is 5.32 Å². The molecule has 0 unspecified atom stereocenters. The van der Waals surface area contributed by atoms with Crippen molar-refractivity contribution in [2.45, 2.75) is 26.2 Å². The van der Waals surface area contributed by atoms with Crippen LogP contribution in [-0.2, 0) is 11.2 Å². The van der Waals surface area contributed by atoms with Crippen LogP contribution in [-0.4, -0.2) is 45.6 Å². The van der Waals surface area contributed by atoms with Gasteiger partial charge in [-0.25, -0.2) is 9.97 Å². The van der Waals surface area contributed by atoms with Crippen LogP contribution in [0.5, 0.6) is 0 Å². The monoisotopic (exact) mass is 346 g/mol. The molecule has 0 bridgehead atoms. The predicted molar refractivity (Wildman–Crippen MR) is 94.5 cm³/mol. The highest BCUT2D eigenvalue weighted by molar-refractivity contribution is 7.15. The number of aliphatic hydroxyl groups is 1. The number of rotatable bonds is 5. The molecule has 1 saturated heterocycles. The number of nitrogens with one attached hydrogen (secondary N) is 1. The molecule has 24 heavy (non-hydrogen) atoms. The number of carbonyl (C=O) groups excluding carboxylic acids is 1. The lowest BCUT2D eigenvalue weighted by atomic mass is 9.92. The lowest BCUT2D eigenvalue weighted by Crippen LogP contribution is -2.40. The fraction of sp³-hybridized carbons (Fsp3) is 0.471. The molecule has 0 radical (unpaired) electrons. The number of thiazole rings is 1. The molecular formula is C17H22N4O2S. The molecule has 1 fully saturated rings. The summed E-state index contributed by atoms with van der Waals surface area (Å²) in [4.78, 5) is 23.4. The zero-order chi connectivity index (χ0) is 16.9. The third-order valence-corrected chi connectivity index (χ3v) is 5.09. The maximum atomic E-state index is 11.5. The summed E-state index contributed by atoms with van der Waals surface area (Å²) in [6.07, 6.45) is 4.67. The summed E-state index contributed by atoms with van der Waals surface area (Å²) < 4.78 is 0. The van der Waals surface area contributed by atoms with E-state index in [1.165, 1.54) is 0 Å². The Morgan fingerprint density at radius 1 is 1.42 bits per heavy atom. The highest BCUT2D eigenvalue weighted by Gasteiger charge is 2.22. The molecule has 0 saturated carbocycles. The fourth-order valence-corrected chi connectivity index (χ4v) is 3.64. The molecule has 0 aliphatic carbocycles. The van der Waals surface area contributed by atoms with Gasteiger partial charge in [-0.1, -0.05) is 6.07 Å². The summed E-state index contributed by atoms with van der Waals surface area (Å²) in [5.74, 6) is 1.17. The molecule has 0 atom stereocenters. The number of aliphatic hydroxyl groups excluding tert-OH is 1. The highest BCUT2D eigenvalue weighted by Crippen LogP contribution is 2.23. The molecule has 1 amide bonds. The Balaban J connectivity index is 1.56. The minimum absolute atomic E-state index is 0.170. The largest absolute Gasteiger partial charge is 0.387 e. The van der Waals surface area contributed by atoms with Gasteiger partial charge in [-0.2, -0.15) is 0 Å². The van der Waals surface area contributed by atoms with Crippen LogP contribution in [0.3, 0.4) is 0 Å². The first kappa shape index (κ1) is 16.9. The average molecular weight is 346 g/mol. The van der Waals surface area contributed by atoms with Crippen LogP contribution in [0.25, 0.3) is 0 Å². The van der Waals surface area contributed by atoms with Gasteiger partial charge >= 0.3 is 0 Å². The van der Waals surface area contributed by atoms with E-state index in [0.29, 0.717) is 5.92 Å². The smallest absolute Gasteiger partial charge is 0.248 e. The molecule has 2 N–H and O–H groups in total. The molecule has 1 aliphatic rings. The standard InChI is InChI=1S/C17H22N4O2S/c1-12-10-18-17(24-12)20-15-4-2-3-14(19-15)9-13-5-7-21(8-6-13)16(23)11-22/h2-4,10,13,22H,5-9,11H2,1H3,(H,18,19,20). The summed E-state index contributed by atoms with van der Waals surface area (Å²) in [6, 6.07) is 6.00. The van der Waals surface area contributed by atoms with Crippen molar-refractivity contribution in [1.82, 2.24) is 14.9 Å². The minimum Gasteiger partial charge on any atom is -0.387 e. The van der Waals surface area contributed by atoms with E-state index in [-0.39, 0.29) is 5.91 Å². The first-order chi connectivity index (χ1) is 11.6. The molecule has 128 valence electrons. The zero-order valence-corrected chi connectivity index (χ0v) is 14.6. The third-order valence-electron chi connectivity index (χ3n) is 4.26. The second-order valence-electron chi connectivity index (χ2n) is 6.10. The molecule has 0 spiro atoms. The van der Waals surface area contributed by atoms with Crippen molar-refractivity contribution in [3.05, 3.63) is 35.0 Å². The maximum Gasteiger partial charge on any atom is 0.248 e. The van der Waals surface area contributed by atoms with Crippen LogP contribution >= 0.6 is 11.3 Å². The van der Waals surface area contributed by atoms with Gasteiger partial charge < -0.3 is 15.3 Å². The van der Waals surface area contributed by atoms with Gasteiger partial charge in [0.25, 0.3) is 0 Å². The molecule has 0 aromatic carbocycles. The van der Waals surface area contributed by atoms with E-state index in [1.54, 1.807) is 16.2 Å². The second-order valence-corrected chi connectivity index (χ2v) is 7.34. The molecule has 6 nitrogen and oxygen atoms in total. The predicted octanol–water partition coefficient (Wildman–Crippen LogP) is 2.36. The molecule has 2 aromatic heterocycles. The van der Waals surface area contributed by atoms with E-state index >= 15 is 0 Å². The summed E-state index contributed by atoms with van der Waals surface area (Å²) in [7, 11) is 0. The number of likely N-dealkylation sites (tertiary alicyclic amines) is 1. The van der Waals surface area contributed by atoms with Crippen molar-refractivity contribution in [2.75, 3.05) is 25.0 Å². The topological polar surface area (TPSA) is 78.4 Å². The Morgan fingerprint density at radius 2 is 2.21 bits per heavy atom. The molecule has 3 rings (SSSR count). The van der Waals surface area contributed by atoms with Gasteiger partial charge in [0.15, 0.2) is 5.13 Å². The van der Waals surface area contributed by atoms with Crippen molar-refractivity contribution in [3.8, 4) is 0 Å².